The Labute approximate surface area is 284 Å². The summed E-state index contributed by atoms with van der Waals surface area (Å²) in [6.07, 6.45) is 4.80. The zero-order valence-electron chi connectivity index (χ0n) is 26.8. The number of amides is 2. The van der Waals surface area contributed by atoms with E-state index in [1.165, 1.54) is 41.9 Å². The Balaban J connectivity index is 1.51. The van der Waals surface area contributed by atoms with Crippen LogP contribution in [0.15, 0.2) is 67.5 Å². The summed E-state index contributed by atoms with van der Waals surface area (Å²) in [6, 6.07) is 9.63. The number of benzene rings is 2. The molecule has 1 saturated heterocycles. The van der Waals surface area contributed by atoms with Gasteiger partial charge in [-0.2, -0.15) is 19.0 Å². The summed E-state index contributed by atoms with van der Waals surface area (Å²) >= 11 is 6.48. The van der Waals surface area contributed by atoms with Gasteiger partial charge in [-0.25, -0.2) is 27.9 Å². The summed E-state index contributed by atoms with van der Waals surface area (Å²) < 4.78 is 60.6. The maximum absolute atomic E-state index is 14.3. The van der Waals surface area contributed by atoms with Crippen molar-refractivity contribution in [1.82, 2.24) is 39.7 Å². The van der Waals surface area contributed by atoms with Crippen LogP contribution in [0.3, 0.4) is 0 Å². The molecule has 0 bridgehead atoms. The first-order valence-corrected chi connectivity index (χ1v) is 15.5. The highest BCUT2D eigenvalue weighted by molar-refractivity contribution is 6.32. The zero-order chi connectivity index (χ0) is 35.5. The van der Waals surface area contributed by atoms with Crippen molar-refractivity contribution >= 4 is 29.6 Å². The molecular formula is C32H34ClF4N9O3. The SMILES string of the molecule is CC(C)(C)CCNC(=N)N(C(=O)c1ccc(-c2cnn(C(F)F)c2)cc1)[C@H](COC(=O)N1CC(F)(F)C1)c1ccc(Cl)c(-n2cncn2)c1. The summed E-state index contributed by atoms with van der Waals surface area (Å²) in [4.78, 5) is 33.0. The number of hydrogen-bond acceptors (Lipinski definition) is 7. The maximum atomic E-state index is 14.3. The van der Waals surface area contributed by atoms with Crippen molar-refractivity contribution in [3.8, 4) is 16.8 Å². The Morgan fingerprint density at radius 3 is 2.41 bits per heavy atom. The molecule has 49 heavy (non-hydrogen) atoms. The van der Waals surface area contributed by atoms with Crippen molar-refractivity contribution in [2.45, 2.75) is 45.7 Å². The van der Waals surface area contributed by atoms with Gasteiger partial charge >= 0.3 is 12.6 Å². The number of aromatic nitrogens is 5. The van der Waals surface area contributed by atoms with E-state index in [-0.39, 0.29) is 22.0 Å². The molecule has 1 atom stereocenters. The summed E-state index contributed by atoms with van der Waals surface area (Å²) in [6.45, 7) is 1.45. The molecule has 2 amide bonds. The van der Waals surface area contributed by atoms with Crippen LogP contribution in [0.4, 0.5) is 22.4 Å². The van der Waals surface area contributed by atoms with Crippen molar-refractivity contribution in [2.75, 3.05) is 26.2 Å². The van der Waals surface area contributed by atoms with Crippen LogP contribution < -0.4 is 5.32 Å². The second-order valence-corrected chi connectivity index (χ2v) is 13.1. The average Bonchev–Trinajstić information content (AvgIpc) is 3.75. The standard InChI is InChI=1S/C32H34ClF4N9O3/c1-31(2,3)10-11-40-29(38)46(27(47)21-6-4-20(5-7-21)23-13-41-44(14-23)28(34)35)26(15-49-30(48)43-16-32(36,37)17-43)22-8-9-24(33)25(12-22)45-19-39-18-42-45/h4-9,12-14,18-19,26,28H,10-11,15-17H2,1-3H3,(H2,38,40)/t26-/m1/s1. The molecule has 1 fully saturated rings. The topological polar surface area (TPSA) is 134 Å². The molecule has 0 radical (unpaired) electrons. The van der Waals surface area contributed by atoms with Crippen LogP contribution in [0.1, 0.15) is 55.7 Å². The molecule has 2 N–H and O–H groups in total. The molecule has 0 aliphatic carbocycles. The van der Waals surface area contributed by atoms with Gasteiger partial charge in [-0.1, -0.05) is 50.6 Å². The third kappa shape index (κ3) is 8.54. The van der Waals surface area contributed by atoms with E-state index in [2.05, 4.69) is 20.5 Å². The minimum absolute atomic E-state index is 0.104. The van der Waals surface area contributed by atoms with Crippen LogP contribution in [0, 0.1) is 10.8 Å². The highest BCUT2D eigenvalue weighted by Crippen LogP contribution is 2.32. The van der Waals surface area contributed by atoms with Gasteiger partial charge in [-0.05, 0) is 47.2 Å². The molecule has 2 aromatic carbocycles. The average molecular weight is 704 g/mol. The van der Waals surface area contributed by atoms with E-state index >= 15 is 0 Å². The Bertz CT molecular complexity index is 1790. The molecule has 2 aromatic heterocycles. The van der Waals surface area contributed by atoms with Gasteiger partial charge in [0, 0.05) is 23.9 Å². The van der Waals surface area contributed by atoms with Gasteiger partial charge in [0.1, 0.15) is 19.3 Å². The first-order chi connectivity index (χ1) is 23.1. The molecule has 0 spiro atoms. The molecule has 12 nitrogen and oxygen atoms in total. The van der Waals surface area contributed by atoms with Gasteiger partial charge in [-0.15, -0.1) is 0 Å². The smallest absolute Gasteiger partial charge is 0.410 e. The second-order valence-electron chi connectivity index (χ2n) is 12.7. The lowest BCUT2D eigenvalue weighted by Crippen LogP contribution is -2.58. The molecule has 0 unspecified atom stereocenters. The van der Waals surface area contributed by atoms with Crippen LogP contribution in [-0.2, 0) is 4.74 Å². The van der Waals surface area contributed by atoms with E-state index < -0.39 is 50.2 Å². The van der Waals surface area contributed by atoms with Crippen LogP contribution in [0.25, 0.3) is 16.8 Å². The first-order valence-electron chi connectivity index (χ1n) is 15.1. The fraction of sp³-hybridized carbons (Fsp3) is 0.375. The molecule has 3 heterocycles. The number of carbonyl (C=O) groups is 2. The molecule has 5 rings (SSSR count). The number of rotatable bonds is 10. The van der Waals surface area contributed by atoms with Gasteiger partial charge in [0.15, 0.2) is 5.96 Å². The number of guanidine groups is 1. The van der Waals surface area contributed by atoms with Gasteiger partial charge < -0.3 is 10.1 Å². The first kappa shape index (κ1) is 35.3. The number of nitrogens with one attached hydrogen (secondary N) is 2. The zero-order valence-corrected chi connectivity index (χ0v) is 27.5. The summed E-state index contributed by atoms with van der Waals surface area (Å²) in [5, 5.41) is 20.1. The molecule has 1 aliphatic heterocycles. The maximum Gasteiger partial charge on any atom is 0.410 e. The molecule has 4 aromatic rings. The van der Waals surface area contributed by atoms with Crippen molar-refractivity contribution in [3.05, 3.63) is 83.7 Å². The molecule has 17 heteroatoms. The van der Waals surface area contributed by atoms with E-state index in [0.29, 0.717) is 40.0 Å². The van der Waals surface area contributed by atoms with E-state index in [9.17, 15) is 27.2 Å². The highest BCUT2D eigenvalue weighted by Gasteiger charge is 2.47. The van der Waals surface area contributed by atoms with Crippen molar-refractivity contribution in [3.63, 3.8) is 0 Å². The Kier molecular flexibility index (Phi) is 10.3. The van der Waals surface area contributed by atoms with Crippen LogP contribution >= 0.6 is 11.6 Å². The molecule has 0 saturated carbocycles. The Hall–Kier alpha value is -4.99. The number of carbonyl (C=O) groups excluding carboxylic acids is 2. The predicted octanol–water partition coefficient (Wildman–Crippen LogP) is 6.41. The third-order valence-corrected chi connectivity index (χ3v) is 8.01. The largest absolute Gasteiger partial charge is 0.447 e. The third-order valence-electron chi connectivity index (χ3n) is 7.69. The number of hydrogen-bond donors (Lipinski definition) is 2. The number of nitrogens with zero attached hydrogens (tertiary/aromatic N) is 7. The normalized spacial score (nSPS) is 14.7. The van der Waals surface area contributed by atoms with Crippen LogP contribution in [0.2, 0.25) is 5.02 Å². The summed E-state index contributed by atoms with van der Waals surface area (Å²) in [5.74, 6) is -4.01. The number of ether oxygens (including phenoxy) is 1. The highest BCUT2D eigenvalue weighted by atomic mass is 35.5. The number of alkyl halides is 4. The van der Waals surface area contributed by atoms with Crippen LogP contribution in [0.5, 0.6) is 0 Å². The van der Waals surface area contributed by atoms with Crippen molar-refractivity contribution in [1.29, 1.82) is 5.41 Å². The lowest BCUT2D eigenvalue weighted by molar-refractivity contribution is -0.120. The Morgan fingerprint density at radius 2 is 1.82 bits per heavy atom. The molecule has 1 aliphatic rings. The second kappa shape index (κ2) is 14.2. The van der Waals surface area contributed by atoms with Crippen LogP contribution in [-0.4, -0.2) is 84.5 Å². The predicted molar refractivity (Wildman–Crippen MR) is 172 cm³/mol. The van der Waals surface area contributed by atoms with Gasteiger partial charge in [-0.3, -0.25) is 20.0 Å². The summed E-state index contributed by atoms with van der Waals surface area (Å²) in [5.41, 5.74) is 1.69. The fourth-order valence-electron chi connectivity index (χ4n) is 5.03. The van der Waals surface area contributed by atoms with Gasteiger partial charge in [0.05, 0.1) is 36.0 Å². The summed E-state index contributed by atoms with van der Waals surface area (Å²) in [7, 11) is 0. The van der Waals surface area contributed by atoms with Crippen molar-refractivity contribution in [2.24, 2.45) is 5.41 Å². The minimum atomic E-state index is -3.02. The Morgan fingerprint density at radius 1 is 1.10 bits per heavy atom. The molecular weight excluding hydrogens is 670 g/mol. The monoisotopic (exact) mass is 703 g/mol. The van der Waals surface area contributed by atoms with E-state index in [4.69, 9.17) is 21.7 Å². The number of halogens is 5. The minimum Gasteiger partial charge on any atom is -0.447 e. The quantitative estimate of drug-likeness (QED) is 0.111. The number of likely N-dealkylation sites (tertiary alicyclic amines) is 1. The molecule has 260 valence electrons. The van der Waals surface area contributed by atoms with Gasteiger partial charge in [0.25, 0.3) is 11.8 Å². The lowest BCUT2D eigenvalue weighted by Gasteiger charge is -2.38. The van der Waals surface area contributed by atoms with E-state index in [1.807, 2.05) is 20.8 Å². The fourth-order valence-corrected chi connectivity index (χ4v) is 5.23. The van der Waals surface area contributed by atoms with Gasteiger partial charge in [0.2, 0.25) is 0 Å². The lowest BCUT2D eigenvalue weighted by atomic mass is 9.92. The van der Waals surface area contributed by atoms with Crippen molar-refractivity contribution < 1.29 is 31.9 Å². The van der Waals surface area contributed by atoms with E-state index in [0.717, 1.165) is 9.80 Å². The van der Waals surface area contributed by atoms with E-state index in [1.54, 1.807) is 30.3 Å².